The molecule has 0 unspecified atom stereocenters. The fourth-order valence-electron chi connectivity index (χ4n) is 0.523. The minimum atomic E-state index is 0.963. The predicted molar refractivity (Wildman–Crippen MR) is 55.7 cm³/mol. The van der Waals surface area contributed by atoms with Crippen LogP contribution in [0.25, 0.3) is 0 Å². The molecule has 0 saturated heterocycles. The van der Waals surface area contributed by atoms with Crippen molar-refractivity contribution in [3.63, 3.8) is 0 Å². The molecule has 56 valence electrons. The van der Waals surface area contributed by atoms with Gasteiger partial charge in [-0.05, 0) is 35.9 Å². The summed E-state index contributed by atoms with van der Waals surface area (Å²) >= 11 is 2.14. The Balaban J connectivity index is 3.98. The molecule has 0 heterocycles. The van der Waals surface area contributed by atoms with E-state index in [1.807, 2.05) is 13.0 Å². The highest BCUT2D eigenvalue weighted by molar-refractivity contribution is 14.1. The Bertz CT molecular complexity index is 168. The van der Waals surface area contributed by atoms with Gasteiger partial charge in [0.1, 0.15) is 0 Å². The third kappa shape index (κ3) is 4.73. The lowest BCUT2D eigenvalue weighted by atomic mass is 10.3. The summed E-state index contributed by atoms with van der Waals surface area (Å²) in [5.74, 6) is 0. The van der Waals surface area contributed by atoms with Crippen LogP contribution in [0.5, 0.6) is 0 Å². The maximum absolute atomic E-state index is 4.19. The quantitative estimate of drug-likeness (QED) is 0.537. The molecule has 1 nitrogen and oxygen atoms in total. The van der Waals surface area contributed by atoms with Crippen molar-refractivity contribution >= 4 is 28.8 Å². The van der Waals surface area contributed by atoms with E-state index >= 15 is 0 Å². The topological polar surface area (TPSA) is 12.4 Å². The first-order valence-corrected chi connectivity index (χ1v) is 4.32. The van der Waals surface area contributed by atoms with Gasteiger partial charge in [0.15, 0.2) is 0 Å². The van der Waals surface area contributed by atoms with Crippen molar-refractivity contribution in [2.45, 2.75) is 20.3 Å². The number of halogens is 1. The highest BCUT2D eigenvalue weighted by atomic mass is 127. The third-order valence-corrected chi connectivity index (χ3v) is 1.34. The van der Waals surface area contributed by atoms with Crippen LogP contribution in [0.3, 0.4) is 0 Å². The predicted octanol–water partition coefficient (Wildman–Crippen LogP) is 3.32. The maximum atomic E-state index is 4.19. The second kappa shape index (κ2) is 5.65. The normalized spacial score (nSPS) is 12.5. The van der Waals surface area contributed by atoms with Crippen molar-refractivity contribution in [2.75, 3.05) is 0 Å². The SMILES string of the molecule is C=C(I)C=N/C(=C\C)CC. The molecule has 0 amide bonds. The van der Waals surface area contributed by atoms with E-state index in [-0.39, 0.29) is 0 Å². The van der Waals surface area contributed by atoms with Gasteiger partial charge in [-0.15, -0.1) is 0 Å². The van der Waals surface area contributed by atoms with E-state index in [0.717, 1.165) is 15.7 Å². The molecule has 0 aliphatic rings. The zero-order chi connectivity index (χ0) is 7.98. The van der Waals surface area contributed by atoms with Crippen molar-refractivity contribution in [3.05, 3.63) is 21.9 Å². The molecular weight excluding hydrogens is 237 g/mol. The van der Waals surface area contributed by atoms with Crippen molar-refractivity contribution in [2.24, 2.45) is 4.99 Å². The first kappa shape index (κ1) is 9.88. The molecule has 0 radical (unpaired) electrons. The van der Waals surface area contributed by atoms with Gasteiger partial charge in [-0.1, -0.05) is 19.6 Å². The molecule has 0 aliphatic heterocycles. The van der Waals surface area contributed by atoms with Gasteiger partial charge in [0, 0.05) is 15.5 Å². The summed E-state index contributed by atoms with van der Waals surface area (Å²) in [6.45, 7) is 7.78. The Morgan fingerprint density at radius 3 is 2.60 bits per heavy atom. The summed E-state index contributed by atoms with van der Waals surface area (Å²) < 4.78 is 0.963. The average molecular weight is 249 g/mol. The Kier molecular flexibility index (Phi) is 5.58. The summed E-state index contributed by atoms with van der Waals surface area (Å²) in [7, 11) is 0. The van der Waals surface area contributed by atoms with Crippen LogP contribution >= 0.6 is 22.6 Å². The minimum absolute atomic E-state index is 0.963. The van der Waals surface area contributed by atoms with Crippen LogP contribution in [0.15, 0.2) is 26.9 Å². The van der Waals surface area contributed by atoms with Crippen LogP contribution in [-0.4, -0.2) is 6.21 Å². The molecule has 0 saturated carbocycles. The molecule has 0 bridgehead atoms. The number of aliphatic imine (C=N–C) groups is 1. The monoisotopic (exact) mass is 249 g/mol. The van der Waals surface area contributed by atoms with Gasteiger partial charge >= 0.3 is 0 Å². The maximum Gasteiger partial charge on any atom is 0.0398 e. The highest BCUT2D eigenvalue weighted by Gasteiger charge is 1.84. The van der Waals surface area contributed by atoms with Gasteiger partial charge in [0.25, 0.3) is 0 Å². The fraction of sp³-hybridized carbons (Fsp3) is 0.375. The molecule has 0 fully saturated rings. The third-order valence-electron chi connectivity index (χ3n) is 1.07. The summed E-state index contributed by atoms with van der Waals surface area (Å²) in [6.07, 6.45) is 4.77. The van der Waals surface area contributed by atoms with Crippen LogP contribution < -0.4 is 0 Å². The molecule has 2 heteroatoms. The lowest BCUT2D eigenvalue weighted by molar-refractivity contribution is 1.06. The molecule has 0 spiro atoms. The molecule has 0 aromatic rings. The van der Waals surface area contributed by atoms with E-state index < -0.39 is 0 Å². The Labute approximate surface area is 76.1 Å². The summed E-state index contributed by atoms with van der Waals surface area (Å²) in [6, 6.07) is 0. The van der Waals surface area contributed by atoms with Crippen LogP contribution in [0, 0.1) is 0 Å². The largest absolute Gasteiger partial charge is 0.261 e. The second-order valence-corrected chi connectivity index (χ2v) is 3.22. The van der Waals surface area contributed by atoms with Crippen molar-refractivity contribution < 1.29 is 0 Å². The number of hydrogen-bond donors (Lipinski definition) is 0. The zero-order valence-corrected chi connectivity index (χ0v) is 8.55. The minimum Gasteiger partial charge on any atom is -0.261 e. The summed E-state index contributed by atoms with van der Waals surface area (Å²) in [4.78, 5) is 4.19. The van der Waals surface area contributed by atoms with Crippen molar-refractivity contribution in [3.8, 4) is 0 Å². The average Bonchev–Trinajstić information content (AvgIpc) is 1.90. The number of hydrogen-bond acceptors (Lipinski definition) is 1. The standard InChI is InChI=1S/C8H12IN/c1-4-8(5-2)10-6-7(3)9/h4,6H,3,5H2,1-2H3/b8-4-,10-6?. The van der Waals surface area contributed by atoms with E-state index in [0.29, 0.717) is 0 Å². The van der Waals surface area contributed by atoms with Gasteiger partial charge in [0.05, 0.1) is 0 Å². The Morgan fingerprint density at radius 2 is 2.30 bits per heavy atom. The van der Waals surface area contributed by atoms with Crippen molar-refractivity contribution in [1.29, 1.82) is 0 Å². The lowest BCUT2D eigenvalue weighted by Gasteiger charge is -1.92. The van der Waals surface area contributed by atoms with Crippen LogP contribution in [0.1, 0.15) is 20.3 Å². The molecule has 10 heavy (non-hydrogen) atoms. The van der Waals surface area contributed by atoms with Gasteiger partial charge in [-0.2, -0.15) is 0 Å². The van der Waals surface area contributed by atoms with E-state index in [1.165, 1.54) is 0 Å². The molecule has 0 aliphatic carbocycles. The number of allylic oxidation sites excluding steroid dienone is 3. The van der Waals surface area contributed by atoms with Gasteiger partial charge in [-0.3, -0.25) is 4.99 Å². The van der Waals surface area contributed by atoms with E-state index in [9.17, 15) is 0 Å². The second-order valence-electron chi connectivity index (χ2n) is 1.84. The molecule has 0 rings (SSSR count). The van der Waals surface area contributed by atoms with Crippen LogP contribution in [0.2, 0.25) is 0 Å². The molecule has 0 atom stereocenters. The van der Waals surface area contributed by atoms with Crippen LogP contribution in [-0.2, 0) is 0 Å². The van der Waals surface area contributed by atoms with E-state index in [1.54, 1.807) is 6.21 Å². The molecule has 0 aromatic carbocycles. The van der Waals surface area contributed by atoms with Gasteiger partial charge < -0.3 is 0 Å². The van der Waals surface area contributed by atoms with Crippen LogP contribution in [0.4, 0.5) is 0 Å². The number of nitrogens with zero attached hydrogens (tertiary/aromatic N) is 1. The fourth-order valence-corrected chi connectivity index (χ4v) is 0.662. The molecule has 0 aromatic heterocycles. The summed E-state index contributed by atoms with van der Waals surface area (Å²) in [5, 5.41) is 0. The molecular formula is C8H12IN. The first-order chi connectivity index (χ1) is 4.70. The van der Waals surface area contributed by atoms with Gasteiger partial charge in [-0.25, -0.2) is 0 Å². The van der Waals surface area contributed by atoms with E-state index in [4.69, 9.17) is 0 Å². The zero-order valence-electron chi connectivity index (χ0n) is 6.39. The smallest absolute Gasteiger partial charge is 0.0398 e. The summed E-state index contributed by atoms with van der Waals surface area (Å²) in [5.41, 5.74) is 1.11. The number of rotatable bonds is 3. The van der Waals surface area contributed by atoms with Gasteiger partial charge in [0.2, 0.25) is 0 Å². The first-order valence-electron chi connectivity index (χ1n) is 3.24. The Morgan fingerprint density at radius 1 is 1.70 bits per heavy atom. The molecule has 0 N–H and O–H groups in total. The highest BCUT2D eigenvalue weighted by Crippen LogP contribution is 2.03. The lowest BCUT2D eigenvalue weighted by Crippen LogP contribution is -1.76. The van der Waals surface area contributed by atoms with E-state index in [2.05, 4.69) is 41.1 Å². The Hall–Kier alpha value is -0.120. The van der Waals surface area contributed by atoms with Crippen molar-refractivity contribution in [1.82, 2.24) is 0 Å².